The molecule has 0 N–H and O–H groups in total. The number of hydrogen-bond acceptors (Lipinski definition) is 5. The highest BCUT2D eigenvalue weighted by Gasteiger charge is 2.41. The van der Waals surface area contributed by atoms with E-state index in [1.165, 1.54) is 38.9 Å². The molecule has 0 amide bonds. The Morgan fingerprint density at radius 3 is 1.08 bits per heavy atom. The van der Waals surface area contributed by atoms with Gasteiger partial charge in [0.25, 0.3) is 0 Å². The summed E-state index contributed by atoms with van der Waals surface area (Å²) in [6.07, 6.45) is 0. The smallest absolute Gasteiger partial charge is 0.164 e. The first-order valence-corrected chi connectivity index (χ1v) is 21.1. The van der Waals surface area contributed by atoms with Crippen molar-refractivity contribution in [1.29, 1.82) is 0 Å². The van der Waals surface area contributed by atoms with E-state index in [2.05, 4.69) is 158 Å². The van der Waals surface area contributed by atoms with Crippen LogP contribution in [-0.2, 0) is 0 Å². The molecule has 62 heavy (non-hydrogen) atoms. The third-order valence-electron chi connectivity index (χ3n) is 12.3. The van der Waals surface area contributed by atoms with Crippen molar-refractivity contribution >= 4 is 0 Å². The fourth-order valence-corrected chi connectivity index (χ4v) is 9.40. The van der Waals surface area contributed by atoms with Gasteiger partial charge in [-0.15, -0.1) is 0 Å². The SMILES string of the molecule is c1ccc(-c2cccc(-c3cc(-c4ccc5c(c4)C4c6ccccc6C5c5cc(-c6nc(-c7ccccc7)nc(-c7ccccc7)n6)ccc54)nc(-c4ccccc4)n3)c2)cc1. The summed E-state index contributed by atoms with van der Waals surface area (Å²) >= 11 is 0. The van der Waals surface area contributed by atoms with Crippen molar-refractivity contribution in [3.63, 3.8) is 0 Å². The van der Waals surface area contributed by atoms with Crippen LogP contribution in [0, 0.1) is 0 Å². The van der Waals surface area contributed by atoms with Gasteiger partial charge in [0, 0.05) is 45.2 Å². The molecule has 8 aromatic carbocycles. The Morgan fingerprint density at radius 2 is 0.565 bits per heavy atom. The lowest BCUT2D eigenvalue weighted by molar-refractivity contribution is 0.754. The maximum Gasteiger partial charge on any atom is 0.164 e. The van der Waals surface area contributed by atoms with Crippen LogP contribution >= 0.6 is 0 Å². The summed E-state index contributed by atoms with van der Waals surface area (Å²) in [6.45, 7) is 0. The van der Waals surface area contributed by atoms with Gasteiger partial charge in [0.05, 0.1) is 11.4 Å². The minimum Gasteiger partial charge on any atom is -0.228 e. The zero-order valence-electron chi connectivity index (χ0n) is 33.6. The summed E-state index contributed by atoms with van der Waals surface area (Å²) in [6, 6.07) is 74.6. The van der Waals surface area contributed by atoms with Crippen LogP contribution in [0.2, 0.25) is 0 Å². The summed E-state index contributed by atoms with van der Waals surface area (Å²) in [5.41, 5.74) is 18.0. The van der Waals surface area contributed by atoms with Crippen LogP contribution in [0.25, 0.3) is 79.2 Å². The Balaban J connectivity index is 0.980. The maximum atomic E-state index is 5.25. The van der Waals surface area contributed by atoms with Crippen molar-refractivity contribution in [1.82, 2.24) is 24.9 Å². The quantitative estimate of drug-likeness (QED) is 0.161. The Morgan fingerprint density at radius 1 is 0.210 bits per heavy atom. The zero-order chi connectivity index (χ0) is 41.0. The number of rotatable bonds is 7. The van der Waals surface area contributed by atoms with Gasteiger partial charge in [-0.25, -0.2) is 24.9 Å². The van der Waals surface area contributed by atoms with Gasteiger partial charge in [-0.2, -0.15) is 0 Å². The lowest BCUT2D eigenvalue weighted by atomic mass is 9.60. The summed E-state index contributed by atoms with van der Waals surface area (Å²) in [5.74, 6) is 2.79. The van der Waals surface area contributed by atoms with Crippen LogP contribution in [0.4, 0.5) is 0 Å². The lowest BCUT2D eigenvalue weighted by Gasteiger charge is -2.42. The molecule has 3 aliphatic carbocycles. The fourth-order valence-electron chi connectivity index (χ4n) is 9.40. The van der Waals surface area contributed by atoms with Gasteiger partial charge in [0.15, 0.2) is 23.3 Å². The minimum atomic E-state index is 0.0563. The molecule has 2 unspecified atom stereocenters. The summed E-state index contributed by atoms with van der Waals surface area (Å²) in [7, 11) is 0. The highest BCUT2D eigenvalue weighted by atomic mass is 15.0. The average molecular weight is 792 g/mol. The normalized spacial score (nSPS) is 14.5. The van der Waals surface area contributed by atoms with Crippen LogP contribution in [0.3, 0.4) is 0 Å². The standard InChI is InChI=1S/C57H37N5/c1-5-16-36(17-6-1)40-24-15-25-41(32-40)50-35-51(59-54(58-50)37-18-7-2-8-19-37)42-28-30-46-48(33-42)52-44-26-13-14-27-45(44)53(46)49-34-43(29-31-47(49)52)57-61-55(38-20-9-3-10-21-38)60-56(62-57)39-22-11-4-12-23-39/h1-35,52-53H. The van der Waals surface area contributed by atoms with Crippen molar-refractivity contribution in [3.05, 3.63) is 246 Å². The van der Waals surface area contributed by atoms with E-state index in [-0.39, 0.29) is 11.8 Å². The molecule has 2 atom stereocenters. The molecule has 0 aliphatic heterocycles. The van der Waals surface area contributed by atoms with E-state index >= 15 is 0 Å². The van der Waals surface area contributed by atoms with Gasteiger partial charge in [-0.3, -0.25) is 0 Å². The number of nitrogens with zero attached hydrogens (tertiary/aromatic N) is 5. The largest absolute Gasteiger partial charge is 0.228 e. The van der Waals surface area contributed by atoms with E-state index in [9.17, 15) is 0 Å². The summed E-state index contributed by atoms with van der Waals surface area (Å²) in [4.78, 5) is 25.5. The van der Waals surface area contributed by atoms with Crippen molar-refractivity contribution < 1.29 is 0 Å². The predicted molar refractivity (Wildman–Crippen MR) is 248 cm³/mol. The second-order valence-electron chi connectivity index (χ2n) is 16.0. The molecular weight excluding hydrogens is 755 g/mol. The van der Waals surface area contributed by atoms with Crippen molar-refractivity contribution in [2.75, 3.05) is 0 Å². The summed E-state index contributed by atoms with van der Waals surface area (Å²) < 4.78 is 0. The molecule has 0 spiro atoms. The molecule has 0 saturated carbocycles. The Labute approximate surface area is 360 Å². The highest BCUT2D eigenvalue weighted by Crippen LogP contribution is 2.56. The molecular formula is C57H37N5. The first-order valence-electron chi connectivity index (χ1n) is 21.1. The van der Waals surface area contributed by atoms with E-state index in [1.807, 2.05) is 54.6 Å². The number of benzene rings is 8. The van der Waals surface area contributed by atoms with Crippen molar-refractivity contribution in [3.8, 4) is 79.2 Å². The van der Waals surface area contributed by atoms with Gasteiger partial charge in [-0.1, -0.05) is 188 Å². The number of aromatic nitrogens is 5. The van der Waals surface area contributed by atoms with Crippen LogP contribution in [0.1, 0.15) is 45.2 Å². The fraction of sp³-hybridized carbons (Fsp3) is 0.0351. The molecule has 10 aromatic rings. The third kappa shape index (κ3) is 6.22. The summed E-state index contributed by atoms with van der Waals surface area (Å²) in [5, 5.41) is 0. The van der Waals surface area contributed by atoms with Gasteiger partial charge in [-0.05, 0) is 68.8 Å². The van der Waals surface area contributed by atoms with Crippen LogP contribution in [-0.4, -0.2) is 24.9 Å². The monoisotopic (exact) mass is 791 g/mol. The van der Waals surface area contributed by atoms with Crippen LogP contribution in [0.15, 0.2) is 212 Å². The molecule has 2 heterocycles. The van der Waals surface area contributed by atoms with Crippen molar-refractivity contribution in [2.24, 2.45) is 0 Å². The van der Waals surface area contributed by atoms with E-state index in [1.54, 1.807) is 0 Å². The average Bonchev–Trinajstić information content (AvgIpc) is 3.36. The minimum absolute atomic E-state index is 0.0563. The van der Waals surface area contributed by atoms with Crippen LogP contribution < -0.4 is 0 Å². The van der Waals surface area contributed by atoms with Gasteiger partial charge >= 0.3 is 0 Å². The first kappa shape index (κ1) is 35.8. The molecule has 0 fully saturated rings. The molecule has 290 valence electrons. The molecule has 0 saturated heterocycles. The highest BCUT2D eigenvalue weighted by molar-refractivity contribution is 5.79. The Bertz CT molecular complexity index is 3240. The predicted octanol–water partition coefficient (Wildman–Crippen LogP) is 13.3. The molecule has 3 aliphatic rings. The van der Waals surface area contributed by atoms with E-state index < -0.39 is 0 Å². The molecule has 2 aromatic heterocycles. The maximum absolute atomic E-state index is 5.25. The Hall–Kier alpha value is -8.15. The molecule has 5 nitrogen and oxygen atoms in total. The molecule has 0 radical (unpaired) electrons. The van der Waals surface area contributed by atoms with E-state index in [0.29, 0.717) is 23.3 Å². The molecule has 5 heteroatoms. The van der Waals surface area contributed by atoms with Gasteiger partial charge in [0.2, 0.25) is 0 Å². The second kappa shape index (κ2) is 14.8. The van der Waals surface area contributed by atoms with E-state index in [4.69, 9.17) is 24.9 Å². The molecule has 13 rings (SSSR count). The topological polar surface area (TPSA) is 64.5 Å². The third-order valence-corrected chi connectivity index (χ3v) is 12.3. The first-order chi connectivity index (χ1) is 30.7. The Kier molecular flexibility index (Phi) is 8.56. The number of hydrogen-bond donors (Lipinski definition) is 0. The molecule has 2 bridgehead atoms. The van der Waals surface area contributed by atoms with Crippen LogP contribution in [0.5, 0.6) is 0 Å². The zero-order valence-corrected chi connectivity index (χ0v) is 33.6. The lowest BCUT2D eigenvalue weighted by Crippen LogP contribution is -2.27. The second-order valence-corrected chi connectivity index (χ2v) is 16.0. The van der Waals surface area contributed by atoms with Crippen molar-refractivity contribution in [2.45, 2.75) is 11.8 Å². The van der Waals surface area contributed by atoms with Gasteiger partial charge < -0.3 is 0 Å². The van der Waals surface area contributed by atoms with Gasteiger partial charge in [0.1, 0.15) is 0 Å². The van der Waals surface area contributed by atoms with E-state index in [0.717, 1.165) is 50.3 Å².